The second-order valence-corrected chi connectivity index (χ2v) is 5.42. The molecule has 2 bridgehead atoms. The molecule has 2 unspecified atom stereocenters. The van der Waals surface area contributed by atoms with Gasteiger partial charge < -0.3 is 5.32 Å². The monoisotopic (exact) mass is 227 g/mol. The van der Waals surface area contributed by atoms with Crippen molar-refractivity contribution in [2.75, 3.05) is 0 Å². The summed E-state index contributed by atoms with van der Waals surface area (Å²) in [5, 5.41) is 3.70. The Balaban J connectivity index is 0.000000853. The van der Waals surface area contributed by atoms with Gasteiger partial charge in [-0.25, -0.2) is 0 Å². The van der Waals surface area contributed by atoms with Crippen LogP contribution in [-0.4, -0.2) is 12.1 Å². The first-order valence-electron chi connectivity index (χ1n) is 6.36. The highest BCUT2D eigenvalue weighted by molar-refractivity contribution is 5.85. The van der Waals surface area contributed by atoms with Crippen LogP contribution in [0.2, 0.25) is 0 Å². The van der Waals surface area contributed by atoms with Crippen molar-refractivity contribution < 1.29 is 0 Å². The summed E-state index contributed by atoms with van der Waals surface area (Å²) in [4.78, 5) is 0. The van der Waals surface area contributed by atoms with E-state index >= 15 is 0 Å². The summed E-state index contributed by atoms with van der Waals surface area (Å²) < 4.78 is 0. The Kier molecular flexibility index (Phi) is 3.73. The van der Waals surface area contributed by atoms with Gasteiger partial charge in [0.25, 0.3) is 0 Å². The molecule has 3 aliphatic rings. The van der Waals surface area contributed by atoms with E-state index in [4.69, 9.17) is 0 Å². The highest BCUT2D eigenvalue weighted by Crippen LogP contribution is 2.34. The van der Waals surface area contributed by atoms with Crippen molar-refractivity contribution in [3.8, 4) is 0 Å². The summed E-state index contributed by atoms with van der Waals surface area (Å²) in [6.45, 7) is 0. The van der Waals surface area contributed by atoms with E-state index in [-0.39, 0.29) is 12.4 Å². The average Bonchev–Trinajstić information content (AvgIpc) is 2.77. The molecule has 1 saturated carbocycles. The zero-order valence-electron chi connectivity index (χ0n) is 9.37. The van der Waals surface area contributed by atoms with Gasteiger partial charge in [0.05, 0.1) is 0 Å². The average molecular weight is 228 g/mol. The molecule has 3 fully saturated rings. The fourth-order valence-corrected chi connectivity index (χ4v) is 3.53. The molecule has 2 heteroatoms. The van der Waals surface area contributed by atoms with Gasteiger partial charge in [-0.3, -0.25) is 0 Å². The molecule has 1 N–H and O–H groups in total. The smallest absolute Gasteiger partial charge is 0.0107 e. The van der Waals surface area contributed by atoms with Crippen molar-refractivity contribution in [3.05, 3.63) is 11.6 Å². The molecule has 15 heavy (non-hydrogen) atoms. The van der Waals surface area contributed by atoms with Crippen LogP contribution < -0.4 is 5.32 Å². The SMILES string of the molecule is C(=C1CC2CCC(C1)N2)C1CCCC1.Cl. The van der Waals surface area contributed by atoms with Crippen LogP contribution in [0.15, 0.2) is 11.6 Å². The van der Waals surface area contributed by atoms with E-state index in [9.17, 15) is 0 Å². The quantitative estimate of drug-likeness (QED) is 0.677. The van der Waals surface area contributed by atoms with Crippen LogP contribution in [-0.2, 0) is 0 Å². The first-order chi connectivity index (χ1) is 6.90. The number of hydrogen-bond acceptors (Lipinski definition) is 1. The van der Waals surface area contributed by atoms with Gasteiger partial charge in [-0.2, -0.15) is 0 Å². The first kappa shape index (κ1) is 11.5. The molecular formula is C13H22ClN. The van der Waals surface area contributed by atoms with Crippen LogP contribution in [0.4, 0.5) is 0 Å². The summed E-state index contributed by atoms with van der Waals surface area (Å²) in [5.74, 6) is 0.947. The van der Waals surface area contributed by atoms with Gasteiger partial charge in [0, 0.05) is 12.1 Å². The number of piperidine rings is 1. The van der Waals surface area contributed by atoms with Gasteiger partial charge in [0.15, 0.2) is 0 Å². The molecule has 0 amide bonds. The Labute approximate surface area is 99.1 Å². The zero-order chi connectivity index (χ0) is 9.38. The Morgan fingerprint density at radius 1 is 0.933 bits per heavy atom. The Morgan fingerprint density at radius 3 is 2.13 bits per heavy atom. The van der Waals surface area contributed by atoms with E-state index in [0.717, 1.165) is 18.0 Å². The number of halogens is 1. The third-order valence-corrected chi connectivity index (χ3v) is 4.22. The van der Waals surface area contributed by atoms with Crippen molar-refractivity contribution in [1.82, 2.24) is 5.32 Å². The van der Waals surface area contributed by atoms with Crippen LogP contribution in [0.5, 0.6) is 0 Å². The first-order valence-corrected chi connectivity index (χ1v) is 6.36. The molecule has 2 saturated heterocycles. The van der Waals surface area contributed by atoms with Gasteiger partial charge >= 0.3 is 0 Å². The van der Waals surface area contributed by atoms with Crippen molar-refractivity contribution in [2.45, 2.75) is 63.5 Å². The molecule has 86 valence electrons. The minimum absolute atomic E-state index is 0. The van der Waals surface area contributed by atoms with Crippen LogP contribution in [0, 0.1) is 5.92 Å². The molecule has 2 heterocycles. The molecule has 0 aromatic heterocycles. The van der Waals surface area contributed by atoms with Crippen LogP contribution in [0.1, 0.15) is 51.4 Å². The zero-order valence-corrected chi connectivity index (χ0v) is 10.2. The lowest BCUT2D eigenvalue weighted by atomic mass is 9.94. The second-order valence-electron chi connectivity index (χ2n) is 5.42. The van der Waals surface area contributed by atoms with E-state index in [1.165, 1.54) is 51.4 Å². The van der Waals surface area contributed by atoms with Gasteiger partial charge in [0.1, 0.15) is 0 Å². The third-order valence-electron chi connectivity index (χ3n) is 4.22. The summed E-state index contributed by atoms with van der Waals surface area (Å²) >= 11 is 0. The number of fused-ring (bicyclic) bond motifs is 2. The van der Waals surface area contributed by atoms with E-state index < -0.39 is 0 Å². The standard InChI is InChI=1S/C13H21N.ClH/c1-2-4-10(3-1)7-11-8-12-5-6-13(9-11)14-12;/h7,10,12-14H,1-6,8-9H2;1H. The van der Waals surface area contributed by atoms with Crippen molar-refractivity contribution >= 4 is 12.4 Å². The molecule has 0 aromatic carbocycles. The highest BCUT2D eigenvalue weighted by atomic mass is 35.5. The summed E-state index contributed by atoms with van der Waals surface area (Å²) in [6, 6.07) is 1.67. The predicted octanol–water partition coefficient (Wildman–Crippen LogP) is 3.44. The molecule has 1 nitrogen and oxygen atoms in total. The maximum absolute atomic E-state index is 3.70. The number of allylic oxidation sites excluding steroid dienone is 1. The van der Waals surface area contributed by atoms with Crippen molar-refractivity contribution in [3.63, 3.8) is 0 Å². The molecule has 0 aromatic rings. The number of hydrogen-bond donors (Lipinski definition) is 1. The number of rotatable bonds is 1. The van der Waals surface area contributed by atoms with E-state index in [0.29, 0.717) is 0 Å². The minimum atomic E-state index is 0. The molecular weight excluding hydrogens is 206 g/mol. The van der Waals surface area contributed by atoms with E-state index in [2.05, 4.69) is 11.4 Å². The van der Waals surface area contributed by atoms with Crippen LogP contribution in [0.25, 0.3) is 0 Å². The van der Waals surface area contributed by atoms with Gasteiger partial charge in [0.2, 0.25) is 0 Å². The van der Waals surface area contributed by atoms with Gasteiger partial charge in [-0.1, -0.05) is 24.5 Å². The minimum Gasteiger partial charge on any atom is -0.311 e. The summed E-state index contributed by atoms with van der Waals surface area (Å²) in [7, 11) is 0. The van der Waals surface area contributed by atoms with Gasteiger partial charge in [-0.05, 0) is 44.4 Å². The number of nitrogens with one attached hydrogen (secondary N) is 1. The highest BCUT2D eigenvalue weighted by Gasteiger charge is 2.30. The van der Waals surface area contributed by atoms with Crippen LogP contribution >= 0.6 is 12.4 Å². The molecule has 2 atom stereocenters. The van der Waals surface area contributed by atoms with E-state index in [1.807, 2.05) is 0 Å². The third kappa shape index (κ3) is 2.57. The Hall–Kier alpha value is -0.0100. The maximum atomic E-state index is 3.70. The molecule has 2 aliphatic heterocycles. The molecule has 0 radical (unpaired) electrons. The maximum Gasteiger partial charge on any atom is 0.0107 e. The molecule has 0 spiro atoms. The normalized spacial score (nSPS) is 35.3. The summed E-state index contributed by atoms with van der Waals surface area (Å²) in [6.07, 6.45) is 14.1. The lowest BCUT2D eigenvalue weighted by Crippen LogP contribution is -2.34. The largest absolute Gasteiger partial charge is 0.311 e. The van der Waals surface area contributed by atoms with Crippen LogP contribution in [0.3, 0.4) is 0 Å². The fourth-order valence-electron chi connectivity index (χ4n) is 3.53. The molecule has 1 aliphatic carbocycles. The lowest BCUT2D eigenvalue weighted by molar-refractivity contribution is 0.469. The van der Waals surface area contributed by atoms with E-state index in [1.54, 1.807) is 5.57 Å². The Bertz CT molecular complexity index is 229. The second kappa shape index (κ2) is 4.88. The Morgan fingerprint density at radius 2 is 1.53 bits per heavy atom. The molecule has 3 rings (SSSR count). The fraction of sp³-hybridized carbons (Fsp3) is 0.846. The topological polar surface area (TPSA) is 12.0 Å². The predicted molar refractivity (Wildman–Crippen MR) is 66.5 cm³/mol. The summed E-state index contributed by atoms with van der Waals surface area (Å²) in [5.41, 5.74) is 1.78. The lowest BCUT2D eigenvalue weighted by Gasteiger charge is -2.24. The van der Waals surface area contributed by atoms with Crippen molar-refractivity contribution in [2.24, 2.45) is 5.92 Å². The van der Waals surface area contributed by atoms with Gasteiger partial charge in [-0.15, -0.1) is 12.4 Å². The van der Waals surface area contributed by atoms with Crippen molar-refractivity contribution in [1.29, 1.82) is 0 Å².